The molecule has 0 radical (unpaired) electrons. The fraction of sp³-hybridized carbons (Fsp3) is 0.0667. The summed E-state index contributed by atoms with van der Waals surface area (Å²) in [6, 6.07) is 12.3. The standard InChI is InChI=1S/C15H12ClN3O2/c1-19-9-8-14(18-19)17-15(20)13-7-6-12(21-13)10-2-4-11(16)5-3-10/h2-9H,1H3,(H,17,18,20). The van der Waals surface area contributed by atoms with E-state index in [1.54, 1.807) is 48.3 Å². The Labute approximate surface area is 126 Å². The summed E-state index contributed by atoms with van der Waals surface area (Å²) in [5.74, 6) is 0.976. The third-order valence-corrected chi connectivity index (χ3v) is 3.17. The molecule has 0 bridgehead atoms. The molecule has 0 atom stereocenters. The van der Waals surface area contributed by atoms with Crippen molar-refractivity contribution in [3.8, 4) is 11.3 Å². The molecule has 0 fully saturated rings. The van der Waals surface area contributed by atoms with E-state index in [0.717, 1.165) is 5.56 Å². The van der Waals surface area contributed by atoms with Gasteiger partial charge in [-0.15, -0.1) is 0 Å². The van der Waals surface area contributed by atoms with Gasteiger partial charge in [-0.3, -0.25) is 9.48 Å². The summed E-state index contributed by atoms with van der Waals surface area (Å²) in [6.45, 7) is 0. The van der Waals surface area contributed by atoms with Crippen molar-refractivity contribution in [2.24, 2.45) is 7.05 Å². The predicted octanol–water partition coefficient (Wildman–Crippen LogP) is 3.59. The monoisotopic (exact) mass is 301 g/mol. The third-order valence-electron chi connectivity index (χ3n) is 2.91. The molecule has 1 aromatic carbocycles. The molecular formula is C15H12ClN3O2. The lowest BCUT2D eigenvalue weighted by Crippen LogP contribution is -2.11. The van der Waals surface area contributed by atoms with Crippen LogP contribution in [-0.2, 0) is 7.05 Å². The zero-order valence-corrected chi connectivity index (χ0v) is 12.0. The first-order valence-electron chi connectivity index (χ1n) is 6.28. The lowest BCUT2D eigenvalue weighted by Gasteiger charge is -1.99. The molecule has 1 amide bonds. The maximum atomic E-state index is 12.0. The van der Waals surface area contributed by atoms with Crippen LogP contribution >= 0.6 is 11.6 Å². The minimum atomic E-state index is -0.339. The van der Waals surface area contributed by atoms with Crippen LogP contribution in [0.25, 0.3) is 11.3 Å². The summed E-state index contributed by atoms with van der Waals surface area (Å²) in [6.07, 6.45) is 1.75. The summed E-state index contributed by atoms with van der Waals surface area (Å²) in [5.41, 5.74) is 0.858. The second-order valence-electron chi connectivity index (χ2n) is 4.50. The van der Waals surface area contributed by atoms with Gasteiger partial charge in [0.05, 0.1) is 0 Å². The lowest BCUT2D eigenvalue weighted by atomic mass is 10.2. The minimum Gasteiger partial charge on any atom is -0.451 e. The summed E-state index contributed by atoms with van der Waals surface area (Å²) in [5, 5.41) is 7.40. The zero-order valence-electron chi connectivity index (χ0n) is 11.2. The smallest absolute Gasteiger partial charge is 0.292 e. The number of anilines is 1. The van der Waals surface area contributed by atoms with Crippen molar-refractivity contribution in [3.63, 3.8) is 0 Å². The molecule has 0 saturated heterocycles. The van der Waals surface area contributed by atoms with Crippen molar-refractivity contribution < 1.29 is 9.21 Å². The van der Waals surface area contributed by atoms with Crippen LogP contribution in [0.4, 0.5) is 5.82 Å². The first-order chi connectivity index (χ1) is 10.1. The average molecular weight is 302 g/mol. The molecule has 0 aliphatic rings. The first kappa shape index (κ1) is 13.5. The maximum absolute atomic E-state index is 12.0. The number of hydrogen-bond acceptors (Lipinski definition) is 3. The number of halogens is 1. The highest BCUT2D eigenvalue weighted by Gasteiger charge is 2.13. The predicted molar refractivity (Wildman–Crippen MR) is 80.3 cm³/mol. The molecule has 0 aliphatic carbocycles. The molecule has 0 aliphatic heterocycles. The van der Waals surface area contributed by atoms with Gasteiger partial charge in [-0.2, -0.15) is 5.10 Å². The average Bonchev–Trinajstić information content (AvgIpc) is 3.09. The molecule has 0 unspecified atom stereocenters. The summed E-state index contributed by atoms with van der Waals surface area (Å²) in [4.78, 5) is 12.0. The molecule has 0 spiro atoms. The van der Waals surface area contributed by atoms with E-state index >= 15 is 0 Å². The fourth-order valence-corrected chi connectivity index (χ4v) is 2.01. The number of carbonyl (C=O) groups excluding carboxylic acids is 1. The van der Waals surface area contributed by atoms with E-state index in [0.29, 0.717) is 16.6 Å². The van der Waals surface area contributed by atoms with E-state index in [2.05, 4.69) is 10.4 Å². The molecule has 6 heteroatoms. The summed E-state index contributed by atoms with van der Waals surface area (Å²) in [7, 11) is 1.78. The number of amides is 1. The van der Waals surface area contributed by atoms with Crippen LogP contribution in [0.5, 0.6) is 0 Å². The zero-order chi connectivity index (χ0) is 14.8. The number of aryl methyl sites for hydroxylation is 1. The molecule has 5 nitrogen and oxygen atoms in total. The van der Waals surface area contributed by atoms with Crippen molar-refractivity contribution in [3.05, 3.63) is 59.4 Å². The van der Waals surface area contributed by atoms with Gasteiger partial charge < -0.3 is 9.73 Å². The van der Waals surface area contributed by atoms with Gasteiger partial charge in [0.15, 0.2) is 11.6 Å². The quantitative estimate of drug-likeness (QED) is 0.804. The number of nitrogens with zero attached hydrogens (tertiary/aromatic N) is 2. The number of aromatic nitrogens is 2. The van der Waals surface area contributed by atoms with Gasteiger partial charge in [0.1, 0.15) is 5.76 Å². The van der Waals surface area contributed by atoms with E-state index in [1.807, 2.05) is 12.1 Å². The largest absolute Gasteiger partial charge is 0.451 e. The number of benzene rings is 1. The van der Waals surface area contributed by atoms with Gasteiger partial charge in [-0.1, -0.05) is 11.6 Å². The van der Waals surface area contributed by atoms with Gasteiger partial charge in [0, 0.05) is 29.9 Å². The Morgan fingerprint density at radius 3 is 2.62 bits per heavy atom. The summed E-state index contributed by atoms with van der Waals surface area (Å²) < 4.78 is 7.17. The number of furan rings is 1. The van der Waals surface area contributed by atoms with Crippen LogP contribution in [-0.4, -0.2) is 15.7 Å². The van der Waals surface area contributed by atoms with Crippen LogP contribution in [0.1, 0.15) is 10.6 Å². The molecule has 21 heavy (non-hydrogen) atoms. The Kier molecular flexibility index (Phi) is 3.50. The molecule has 1 N–H and O–H groups in total. The minimum absolute atomic E-state index is 0.227. The van der Waals surface area contributed by atoms with Crippen molar-refractivity contribution in [2.75, 3.05) is 5.32 Å². The van der Waals surface area contributed by atoms with E-state index in [-0.39, 0.29) is 11.7 Å². The van der Waals surface area contributed by atoms with Gasteiger partial charge >= 0.3 is 0 Å². The van der Waals surface area contributed by atoms with Crippen molar-refractivity contribution in [1.82, 2.24) is 9.78 Å². The van der Waals surface area contributed by atoms with Gasteiger partial charge in [0.2, 0.25) is 0 Å². The second-order valence-corrected chi connectivity index (χ2v) is 4.94. The van der Waals surface area contributed by atoms with Crippen LogP contribution < -0.4 is 5.32 Å². The van der Waals surface area contributed by atoms with Gasteiger partial charge in [-0.05, 0) is 36.4 Å². The van der Waals surface area contributed by atoms with E-state index in [1.165, 1.54) is 0 Å². The highest BCUT2D eigenvalue weighted by atomic mass is 35.5. The lowest BCUT2D eigenvalue weighted by molar-refractivity contribution is 0.0997. The van der Waals surface area contributed by atoms with Crippen LogP contribution in [0, 0.1) is 0 Å². The van der Waals surface area contributed by atoms with Crippen LogP contribution in [0.2, 0.25) is 5.02 Å². The van der Waals surface area contributed by atoms with Gasteiger partial charge in [-0.25, -0.2) is 0 Å². The van der Waals surface area contributed by atoms with E-state index in [9.17, 15) is 4.79 Å². The van der Waals surface area contributed by atoms with Crippen molar-refractivity contribution in [2.45, 2.75) is 0 Å². The highest BCUT2D eigenvalue weighted by molar-refractivity contribution is 6.30. The Balaban J connectivity index is 1.78. The second kappa shape index (κ2) is 5.46. The highest BCUT2D eigenvalue weighted by Crippen LogP contribution is 2.24. The third kappa shape index (κ3) is 2.98. The Morgan fingerprint density at radius 1 is 1.19 bits per heavy atom. The fourth-order valence-electron chi connectivity index (χ4n) is 1.89. The molecule has 2 aromatic heterocycles. The SMILES string of the molecule is Cn1ccc(NC(=O)c2ccc(-c3ccc(Cl)cc3)o2)n1. The normalized spacial score (nSPS) is 10.6. The topological polar surface area (TPSA) is 60.1 Å². The van der Waals surface area contributed by atoms with Crippen molar-refractivity contribution in [1.29, 1.82) is 0 Å². The van der Waals surface area contributed by atoms with E-state index in [4.69, 9.17) is 16.0 Å². The number of rotatable bonds is 3. The Morgan fingerprint density at radius 2 is 1.95 bits per heavy atom. The number of carbonyl (C=O) groups is 1. The first-order valence-corrected chi connectivity index (χ1v) is 6.66. The van der Waals surface area contributed by atoms with Gasteiger partial charge in [0.25, 0.3) is 5.91 Å². The Hall–Kier alpha value is -2.53. The van der Waals surface area contributed by atoms with Crippen LogP contribution in [0.15, 0.2) is 53.1 Å². The van der Waals surface area contributed by atoms with E-state index < -0.39 is 0 Å². The van der Waals surface area contributed by atoms with Crippen molar-refractivity contribution >= 4 is 23.3 Å². The molecule has 0 saturated carbocycles. The maximum Gasteiger partial charge on any atom is 0.292 e. The summed E-state index contributed by atoms with van der Waals surface area (Å²) >= 11 is 5.84. The Bertz CT molecular complexity index is 774. The molecule has 3 aromatic rings. The van der Waals surface area contributed by atoms with Crippen LogP contribution in [0.3, 0.4) is 0 Å². The molecule has 106 valence electrons. The molecule has 2 heterocycles. The number of hydrogen-bond donors (Lipinski definition) is 1. The molecule has 3 rings (SSSR count). The number of nitrogens with one attached hydrogen (secondary N) is 1. The molecular weight excluding hydrogens is 290 g/mol.